The fourth-order valence-corrected chi connectivity index (χ4v) is 6.07. The maximum atomic E-state index is 14.8. The van der Waals surface area contributed by atoms with E-state index in [1.165, 1.54) is 12.1 Å². The van der Waals surface area contributed by atoms with Gasteiger partial charge in [0.25, 0.3) is 0 Å². The molecule has 3 aromatic heterocycles. The van der Waals surface area contributed by atoms with Crippen LogP contribution in [0.25, 0.3) is 21.8 Å². The molecule has 230 valence electrons. The first-order valence-corrected chi connectivity index (χ1v) is 15.1. The number of anilines is 1. The van der Waals surface area contributed by atoms with Crippen molar-refractivity contribution in [1.82, 2.24) is 24.8 Å². The molecule has 2 atom stereocenters. The highest BCUT2D eigenvalue weighted by Crippen LogP contribution is 2.41. The zero-order valence-corrected chi connectivity index (χ0v) is 25.8. The molecule has 0 radical (unpaired) electrons. The van der Waals surface area contributed by atoms with Gasteiger partial charge in [0.15, 0.2) is 11.5 Å². The predicted molar refractivity (Wildman–Crippen MR) is 168 cm³/mol. The van der Waals surface area contributed by atoms with Crippen LogP contribution in [0.2, 0.25) is 10.2 Å². The quantitative estimate of drug-likeness (QED) is 0.171. The Kier molecular flexibility index (Phi) is 8.73. The van der Waals surface area contributed by atoms with Crippen molar-refractivity contribution in [2.24, 2.45) is 0 Å². The Bertz CT molecular complexity index is 1780. The van der Waals surface area contributed by atoms with Crippen LogP contribution in [0.4, 0.5) is 10.2 Å². The molecule has 1 N–H and O–H groups in total. The van der Waals surface area contributed by atoms with Crippen LogP contribution < -0.4 is 14.4 Å². The number of aromatic amines is 1. The highest BCUT2D eigenvalue weighted by Gasteiger charge is 2.34. The number of benzene rings is 1. The van der Waals surface area contributed by atoms with Crippen molar-refractivity contribution in [2.75, 3.05) is 44.7 Å². The molecule has 13 heteroatoms. The SMILES string of the molecule is C=CC(=O)C1=CCCN(c2nc(O[C@@H]3CN(C)C[C@H]3OCC)nc3c(Oc4c(Cl)c(F)cc5[nH]ccc45)nc(Cl)cc23)CC1. The molecule has 2 aliphatic heterocycles. The van der Waals surface area contributed by atoms with Crippen molar-refractivity contribution in [1.29, 1.82) is 0 Å². The third-order valence-corrected chi connectivity index (χ3v) is 8.31. The number of nitrogens with zero attached hydrogens (tertiary/aromatic N) is 5. The van der Waals surface area contributed by atoms with Crippen LogP contribution in [0.15, 0.2) is 48.7 Å². The number of ketones is 1. The lowest BCUT2D eigenvalue weighted by atomic mass is 10.1. The second kappa shape index (κ2) is 12.7. The normalized spacial score (nSPS) is 19.3. The van der Waals surface area contributed by atoms with E-state index in [-0.39, 0.29) is 45.8 Å². The number of carbonyl (C=O) groups is 1. The van der Waals surface area contributed by atoms with Gasteiger partial charge in [-0.25, -0.2) is 4.39 Å². The Morgan fingerprint density at radius 3 is 2.80 bits per heavy atom. The average molecular weight is 642 g/mol. The summed E-state index contributed by atoms with van der Waals surface area (Å²) in [5, 5.41) is 1.02. The molecular weight excluding hydrogens is 610 g/mol. The van der Waals surface area contributed by atoms with E-state index < -0.39 is 5.82 Å². The summed E-state index contributed by atoms with van der Waals surface area (Å²) in [6.45, 7) is 8.50. The molecule has 0 spiro atoms. The molecule has 0 amide bonds. The molecule has 0 aliphatic carbocycles. The van der Waals surface area contributed by atoms with Crippen LogP contribution in [-0.2, 0) is 9.53 Å². The molecule has 1 saturated heterocycles. The highest BCUT2D eigenvalue weighted by atomic mass is 35.5. The number of likely N-dealkylation sites (tertiary alicyclic amines) is 1. The number of ether oxygens (including phenoxy) is 3. The largest absolute Gasteiger partial charge is 0.456 e. The molecule has 10 nitrogen and oxygen atoms in total. The topological polar surface area (TPSA) is 106 Å². The van der Waals surface area contributed by atoms with E-state index in [1.54, 1.807) is 18.3 Å². The Labute approximate surface area is 263 Å². The van der Waals surface area contributed by atoms with Gasteiger partial charge in [0, 0.05) is 44.4 Å². The van der Waals surface area contributed by atoms with Crippen LogP contribution in [0.3, 0.4) is 0 Å². The third kappa shape index (κ3) is 5.97. The number of pyridine rings is 1. The first-order valence-electron chi connectivity index (χ1n) is 14.3. The van der Waals surface area contributed by atoms with Gasteiger partial charge in [-0.2, -0.15) is 15.0 Å². The number of carbonyl (C=O) groups excluding carboxylic acids is 1. The van der Waals surface area contributed by atoms with Gasteiger partial charge in [-0.1, -0.05) is 35.9 Å². The van der Waals surface area contributed by atoms with E-state index in [0.29, 0.717) is 78.8 Å². The monoisotopic (exact) mass is 640 g/mol. The number of rotatable bonds is 9. The molecule has 6 rings (SSSR count). The number of H-pyrrole nitrogens is 1. The van der Waals surface area contributed by atoms with Gasteiger partial charge in [-0.3, -0.25) is 9.69 Å². The lowest BCUT2D eigenvalue weighted by Crippen LogP contribution is -2.33. The first-order chi connectivity index (χ1) is 21.2. The van der Waals surface area contributed by atoms with E-state index in [2.05, 4.69) is 26.3 Å². The van der Waals surface area contributed by atoms with Crippen LogP contribution >= 0.6 is 23.2 Å². The predicted octanol–water partition coefficient (Wildman–Crippen LogP) is 6.12. The fraction of sp³-hybridized carbons (Fsp3) is 0.355. The fourth-order valence-electron chi connectivity index (χ4n) is 5.69. The van der Waals surface area contributed by atoms with Crippen molar-refractivity contribution in [3.63, 3.8) is 0 Å². The summed E-state index contributed by atoms with van der Waals surface area (Å²) in [4.78, 5) is 33.6. The number of hydrogen-bond donors (Lipinski definition) is 1. The highest BCUT2D eigenvalue weighted by molar-refractivity contribution is 6.33. The third-order valence-electron chi connectivity index (χ3n) is 7.76. The maximum Gasteiger partial charge on any atom is 0.319 e. The van der Waals surface area contributed by atoms with Gasteiger partial charge in [-0.05, 0) is 56.7 Å². The lowest BCUT2D eigenvalue weighted by molar-refractivity contribution is -0.111. The summed E-state index contributed by atoms with van der Waals surface area (Å²) < 4.78 is 33.4. The molecule has 0 saturated carbocycles. The zero-order valence-electron chi connectivity index (χ0n) is 24.3. The molecule has 44 heavy (non-hydrogen) atoms. The minimum Gasteiger partial charge on any atom is -0.456 e. The number of halogens is 3. The molecular formula is C31H31Cl2FN6O4. The molecule has 1 fully saturated rings. The van der Waals surface area contributed by atoms with Crippen molar-refractivity contribution >= 4 is 56.6 Å². The van der Waals surface area contributed by atoms with Crippen molar-refractivity contribution in [2.45, 2.75) is 32.0 Å². The van der Waals surface area contributed by atoms with E-state index in [4.69, 9.17) is 47.4 Å². The summed E-state index contributed by atoms with van der Waals surface area (Å²) in [6, 6.07) is 4.78. The number of nitrogens with one attached hydrogen (secondary N) is 1. The maximum absolute atomic E-state index is 14.8. The minimum absolute atomic E-state index is 0.0105. The number of fused-ring (bicyclic) bond motifs is 2. The number of likely N-dealkylation sites (N-methyl/N-ethyl adjacent to an activating group) is 1. The van der Waals surface area contributed by atoms with Crippen molar-refractivity contribution < 1.29 is 23.4 Å². The number of allylic oxidation sites excluding steroid dienone is 1. The lowest BCUT2D eigenvalue weighted by Gasteiger charge is -2.25. The molecule has 1 aromatic carbocycles. The van der Waals surface area contributed by atoms with E-state index in [0.717, 1.165) is 0 Å². The summed E-state index contributed by atoms with van der Waals surface area (Å²) in [5.74, 6) is -0.132. The van der Waals surface area contributed by atoms with Crippen LogP contribution in [0.5, 0.6) is 17.6 Å². The molecule has 4 aromatic rings. The Hall–Kier alpha value is -3.77. The Morgan fingerprint density at radius 1 is 1.18 bits per heavy atom. The standard InChI is InChI=1S/C31H31Cl2FN6O4/c1-4-22(41)17-7-6-11-40(12-9-17)29-19-13-25(32)36-30(44-28-18-8-10-35-21(18)14-20(34)26(28)33)27(19)37-31(38-29)43-24-16-39(3)15-23(24)42-5-2/h4,7-8,10,13-14,23-24,35H,1,5-6,9,11-12,15-16H2,2-3H3/t23-,24-/m1/s1. The second-order valence-electron chi connectivity index (χ2n) is 10.7. The van der Waals surface area contributed by atoms with Gasteiger partial charge in [-0.15, -0.1) is 0 Å². The van der Waals surface area contributed by atoms with Crippen LogP contribution in [-0.4, -0.2) is 82.7 Å². The summed E-state index contributed by atoms with van der Waals surface area (Å²) in [7, 11) is 2.00. The first kappa shape index (κ1) is 30.3. The Balaban J connectivity index is 1.47. The molecule has 5 heterocycles. The van der Waals surface area contributed by atoms with E-state index >= 15 is 0 Å². The van der Waals surface area contributed by atoms with Gasteiger partial charge < -0.3 is 24.1 Å². The van der Waals surface area contributed by atoms with E-state index in [1.807, 2.05) is 20.0 Å². The summed E-state index contributed by atoms with van der Waals surface area (Å²) >= 11 is 12.9. The Morgan fingerprint density at radius 2 is 2.00 bits per heavy atom. The molecule has 2 aliphatic rings. The van der Waals surface area contributed by atoms with Gasteiger partial charge in [0.2, 0.25) is 5.88 Å². The van der Waals surface area contributed by atoms with Crippen LogP contribution in [0, 0.1) is 5.82 Å². The van der Waals surface area contributed by atoms with Gasteiger partial charge >= 0.3 is 6.01 Å². The molecule has 0 unspecified atom stereocenters. The summed E-state index contributed by atoms with van der Waals surface area (Å²) in [6.07, 6.45) is 5.54. The van der Waals surface area contributed by atoms with Crippen molar-refractivity contribution in [3.8, 4) is 17.6 Å². The number of hydrogen-bond acceptors (Lipinski definition) is 9. The number of aromatic nitrogens is 4. The second-order valence-corrected chi connectivity index (χ2v) is 11.5. The van der Waals surface area contributed by atoms with E-state index in [9.17, 15) is 9.18 Å². The zero-order chi connectivity index (χ0) is 31.0. The molecule has 0 bridgehead atoms. The minimum atomic E-state index is -0.656. The smallest absolute Gasteiger partial charge is 0.319 e. The van der Waals surface area contributed by atoms with Crippen molar-refractivity contribution in [3.05, 3.63) is 64.7 Å². The van der Waals surface area contributed by atoms with Gasteiger partial charge in [0.05, 0.1) is 10.9 Å². The van der Waals surface area contributed by atoms with Gasteiger partial charge in [0.1, 0.15) is 39.5 Å². The summed E-state index contributed by atoms with van der Waals surface area (Å²) in [5.41, 5.74) is 1.50. The van der Waals surface area contributed by atoms with Crippen LogP contribution in [0.1, 0.15) is 19.8 Å². The average Bonchev–Trinajstić information content (AvgIpc) is 3.51.